The van der Waals surface area contributed by atoms with E-state index in [-0.39, 0.29) is 12.2 Å². The largest absolute Gasteiger partial charge is 0.339 e. The smallest absolute Gasteiger partial charge is 0.238 e. The van der Waals surface area contributed by atoms with Crippen LogP contribution >= 0.6 is 15.9 Å². The molecule has 0 radical (unpaired) electrons. The highest BCUT2D eigenvalue weighted by Crippen LogP contribution is 2.26. The van der Waals surface area contributed by atoms with Gasteiger partial charge in [-0.2, -0.15) is 0 Å². The number of halogens is 2. The number of nitrogens with two attached hydrogens (primary N) is 1. The van der Waals surface area contributed by atoms with E-state index < -0.39 is 44.9 Å². The first-order chi connectivity index (χ1) is 12.8. The van der Waals surface area contributed by atoms with Gasteiger partial charge in [-0.15, -0.1) is 0 Å². The van der Waals surface area contributed by atoms with E-state index in [0.29, 0.717) is 0 Å². The Bertz CT molecular complexity index is 888. The van der Waals surface area contributed by atoms with Crippen LogP contribution in [0.25, 0.3) is 0 Å². The molecule has 0 unspecified atom stereocenters. The summed E-state index contributed by atoms with van der Waals surface area (Å²) in [6.07, 6.45) is -1.23. The van der Waals surface area contributed by atoms with Crippen LogP contribution in [-0.4, -0.2) is 43.7 Å². The second-order valence-corrected chi connectivity index (χ2v) is 10.7. The SMILES string of the molecule is CC(C)(F)C[C@@H]1N[C@](C)(c2ccc(Br)cc2)C#CCS(=O)(=O)C[C@@H](N)NC1=O. The molecule has 1 amide bonds. The number of sulfone groups is 1. The molecule has 3 atom stereocenters. The lowest BCUT2D eigenvalue weighted by Crippen LogP contribution is -2.57. The molecule has 0 saturated heterocycles. The number of alkyl halides is 1. The number of carbonyl (C=O) groups is 1. The summed E-state index contributed by atoms with van der Waals surface area (Å²) in [5, 5.41) is 5.60. The number of nitrogens with one attached hydrogen (secondary N) is 2. The van der Waals surface area contributed by atoms with Crippen molar-refractivity contribution in [2.24, 2.45) is 5.73 Å². The van der Waals surface area contributed by atoms with Crippen molar-refractivity contribution in [2.75, 3.05) is 11.5 Å². The van der Waals surface area contributed by atoms with Crippen LogP contribution in [0.3, 0.4) is 0 Å². The Balaban J connectivity index is 2.53. The third-order valence-electron chi connectivity index (χ3n) is 4.28. The molecule has 9 heteroatoms. The molecule has 28 heavy (non-hydrogen) atoms. The van der Waals surface area contributed by atoms with E-state index in [9.17, 15) is 17.6 Å². The summed E-state index contributed by atoms with van der Waals surface area (Å²) >= 11 is 3.37. The van der Waals surface area contributed by atoms with Gasteiger partial charge in [0.25, 0.3) is 0 Å². The molecule has 6 nitrogen and oxygen atoms in total. The summed E-state index contributed by atoms with van der Waals surface area (Å²) in [5.74, 6) is 4.24. The van der Waals surface area contributed by atoms with Crippen LogP contribution in [0.2, 0.25) is 0 Å². The topological polar surface area (TPSA) is 101 Å². The highest BCUT2D eigenvalue weighted by molar-refractivity contribution is 9.10. The first kappa shape index (κ1) is 22.8. The minimum atomic E-state index is -3.59. The van der Waals surface area contributed by atoms with Crippen molar-refractivity contribution in [3.8, 4) is 11.8 Å². The monoisotopic (exact) mass is 473 g/mol. The average Bonchev–Trinajstić information content (AvgIpc) is 2.52. The molecule has 1 heterocycles. The lowest BCUT2D eigenvalue weighted by Gasteiger charge is -2.33. The van der Waals surface area contributed by atoms with Gasteiger partial charge < -0.3 is 11.1 Å². The van der Waals surface area contributed by atoms with Crippen molar-refractivity contribution >= 4 is 31.7 Å². The molecular formula is C19H25BrFN3O3S. The van der Waals surface area contributed by atoms with Crippen molar-refractivity contribution in [3.05, 3.63) is 34.3 Å². The Hall–Kier alpha value is -1.47. The van der Waals surface area contributed by atoms with Gasteiger partial charge in [0.1, 0.15) is 17.0 Å². The van der Waals surface area contributed by atoms with E-state index >= 15 is 0 Å². The summed E-state index contributed by atoms with van der Waals surface area (Å²) in [5.41, 5.74) is 3.79. The Labute approximate surface area is 173 Å². The molecule has 0 fully saturated rings. The highest BCUT2D eigenvalue weighted by Gasteiger charge is 2.36. The van der Waals surface area contributed by atoms with Crippen molar-refractivity contribution in [1.82, 2.24) is 10.6 Å². The highest BCUT2D eigenvalue weighted by atomic mass is 79.9. The Morgan fingerprint density at radius 2 is 1.96 bits per heavy atom. The van der Waals surface area contributed by atoms with Crippen molar-refractivity contribution in [1.29, 1.82) is 0 Å². The maximum Gasteiger partial charge on any atom is 0.238 e. The standard InChI is InChI=1S/C19H25BrFN3O3S/c1-18(2,21)11-15-17(25)23-16(22)12-28(26,27)10-4-9-19(3,24-15)13-5-7-14(20)8-6-13/h5-8,15-16,24H,10-12,22H2,1-3H3,(H,23,25)/t15-,16-,19-/m0/s1. The summed E-state index contributed by atoms with van der Waals surface area (Å²) in [7, 11) is -3.59. The van der Waals surface area contributed by atoms with Crippen LogP contribution in [-0.2, 0) is 20.2 Å². The molecule has 0 aromatic heterocycles. The van der Waals surface area contributed by atoms with Gasteiger partial charge >= 0.3 is 0 Å². The number of hydrogen-bond donors (Lipinski definition) is 3. The third kappa shape index (κ3) is 6.55. The van der Waals surface area contributed by atoms with Gasteiger partial charge in [-0.05, 0) is 38.5 Å². The summed E-state index contributed by atoms with van der Waals surface area (Å²) in [4.78, 5) is 12.7. The number of benzene rings is 1. The van der Waals surface area contributed by atoms with Crippen LogP contribution in [0.1, 0.15) is 32.8 Å². The van der Waals surface area contributed by atoms with Gasteiger partial charge in [-0.25, -0.2) is 12.8 Å². The second-order valence-electron chi connectivity index (χ2n) is 7.72. The predicted octanol–water partition coefficient (Wildman–Crippen LogP) is 1.59. The molecule has 154 valence electrons. The zero-order valence-electron chi connectivity index (χ0n) is 16.1. The van der Waals surface area contributed by atoms with E-state index in [1.54, 1.807) is 19.1 Å². The minimum absolute atomic E-state index is 0.133. The van der Waals surface area contributed by atoms with Gasteiger partial charge in [-0.3, -0.25) is 10.1 Å². The number of hydrogen-bond acceptors (Lipinski definition) is 5. The first-order valence-corrected chi connectivity index (χ1v) is 11.4. The van der Waals surface area contributed by atoms with E-state index in [4.69, 9.17) is 5.73 Å². The fourth-order valence-corrected chi connectivity index (χ4v) is 4.30. The zero-order valence-corrected chi connectivity index (χ0v) is 18.5. The minimum Gasteiger partial charge on any atom is -0.339 e. The summed E-state index contributed by atoms with van der Waals surface area (Å²) < 4.78 is 39.6. The summed E-state index contributed by atoms with van der Waals surface area (Å²) in [6, 6.07) is 6.28. The second kappa shape index (κ2) is 8.49. The lowest BCUT2D eigenvalue weighted by atomic mass is 9.89. The summed E-state index contributed by atoms with van der Waals surface area (Å²) in [6.45, 7) is 4.49. The normalized spacial score (nSPS) is 28.4. The van der Waals surface area contributed by atoms with E-state index in [1.807, 2.05) is 12.1 Å². The maximum absolute atomic E-state index is 14.4. The molecular weight excluding hydrogens is 449 g/mol. The average molecular weight is 474 g/mol. The number of amides is 1. The van der Waals surface area contributed by atoms with Gasteiger partial charge in [0.2, 0.25) is 5.91 Å². The van der Waals surface area contributed by atoms with E-state index in [1.165, 1.54) is 13.8 Å². The maximum atomic E-state index is 14.4. The number of rotatable bonds is 3. The molecule has 1 aromatic rings. The van der Waals surface area contributed by atoms with Crippen molar-refractivity contribution in [2.45, 2.75) is 50.6 Å². The fourth-order valence-electron chi connectivity index (χ4n) is 3.00. The molecule has 0 aliphatic carbocycles. The van der Waals surface area contributed by atoms with E-state index in [0.717, 1.165) is 10.0 Å². The van der Waals surface area contributed by atoms with Gasteiger partial charge in [-0.1, -0.05) is 39.9 Å². The molecule has 1 aromatic carbocycles. The molecule has 0 spiro atoms. The zero-order chi connectivity index (χ0) is 21.2. The van der Waals surface area contributed by atoms with Crippen molar-refractivity contribution in [3.63, 3.8) is 0 Å². The van der Waals surface area contributed by atoms with E-state index in [2.05, 4.69) is 38.4 Å². The van der Waals surface area contributed by atoms with Crippen LogP contribution < -0.4 is 16.4 Å². The Kier molecular flexibility index (Phi) is 6.92. The fraction of sp³-hybridized carbons (Fsp3) is 0.526. The van der Waals surface area contributed by atoms with Crippen LogP contribution in [0.4, 0.5) is 4.39 Å². The van der Waals surface area contributed by atoms with Crippen LogP contribution in [0.5, 0.6) is 0 Å². The quantitative estimate of drug-likeness (QED) is 0.578. The molecule has 4 N–H and O–H groups in total. The predicted molar refractivity (Wildman–Crippen MR) is 111 cm³/mol. The molecule has 2 rings (SSSR count). The molecule has 0 bridgehead atoms. The molecule has 0 saturated carbocycles. The molecule has 1 aliphatic rings. The first-order valence-electron chi connectivity index (χ1n) is 8.79. The number of carbonyl (C=O) groups excluding carboxylic acids is 1. The Morgan fingerprint density at radius 1 is 1.36 bits per heavy atom. The Morgan fingerprint density at radius 3 is 2.54 bits per heavy atom. The molecule has 1 aliphatic heterocycles. The lowest BCUT2D eigenvalue weighted by molar-refractivity contribution is -0.125. The van der Waals surface area contributed by atoms with Gasteiger partial charge in [0.15, 0.2) is 9.84 Å². The van der Waals surface area contributed by atoms with Crippen LogP contribution in [0, 0.1) is 11.8 Å². The van der Waals surface area contributed by atoms with Gasteiger partial charge in [0.05, 0.1) is 18.0 Å². The van der Waals surface area contributed by atoms with Gasteiger partial charge in [0, 0.05) is 10.9 Å². The third-order valence-corrected chi connectivity index (χ3v) is 6.26. The van der Waals surface area contributed by atoms with Crippen LogP contribution in [0.15, 0.2) is 28.7 Å². The van der Waals surface area contributed by atoms with Crippen molar-refractivity contribution < 1.29 is 17.6 Å².